The van der Waals surface area contributed by atoms with Gasteiger partial charge in [0.05, 0.1) is 0 Å². The molecule has 1 aromatic heterocycles. The van der Waals surface area contributed by atoms with Crippen molar-refractivity contribution in [3.63, 3.8) is 0 Å². The van der Waals surface area contributed by atoms with E-state index in [9.17, 15) is 4.39 Å². The zero-order chi connectivity index (χ0) is 17.1. The van der Waals surface area contributed by atoms with Crippen molar-refractivity contribution in [3.8, 4) is 0 Å². The molecule has 2 heterocycles. The third-order valence-corrected chi connectivity index (χ3v) is 4.49. The highest BCUT2D eigenvalue weighted by atomic mass is 19.1. The van der Waals surface area contributed by atoms with Gasteiger partial charge in [0.25, 0.3) is 0 Å². The number of hydrogen-bond donors (Lipinski definition) is 1. The van der Waals surface area contributed by atoms with Crippen molar-refractivity contribution < 1.29 is 4.39 Å². The van der Waals surface area contributed by atoms with Gasteiger partial charge in [-0.25, -0.2) is 9.37 Å². The lowest BCUT2D eigenvalue weighted by Gasteiger charge is -2.29. The third-order valence-electron chi connectivity index (χ3n) is 4.49. The second kappa shape index (κ2) is 6.89. The Morgan fingerprint density at radius 3 is 2.68 bits per heavy atom. The smallest absolute Gasteiger partial charge is 0.224 e. The molecular formula is C20H19FN4. The number of anilines is 2. The van der Waals surface area contributed by atoms with Crippen molar-refractivity contribution in [1.29, 1.82) is 0 Å². The van der Waals surface area contributed by atoms with E-state index in [2.05, 4.69) is 44.5 Å². The molecule has 5 heteroatoms. The SMILES string of the molecule is Fc1ccccc1CNc1nccc(N2CCc3ccccc3C2)n1. The molecule has 4 rings (SSSR count). The highest BCUT2D eigenvalue weighted by Gasteiger charge is 2.17. The maximum Gasteiger partial charge on any atom is 0.224 e. The van der Waals surface area contributed by atoms with Crippen LogP contribution < -0.4 is 10.2 Å². The summed E-state index contributed by atoms with van der Waals surface area (Å²) in [6.45, 7) is 2.14. The third kappa shape index (κ3) is 3.45. The average Bonchev–Trinajstić information content (AvgIpc) is 2.67. The summed E-state index contributed by atoms with van der Waals surface area (Å²) in [7, 11) is 0. The van der Waals surface area contributed by atoms with E-state index in [0.29, 0.717) is 18.1 Å². The van der Waals surface area contributed by atoms with Crippen molar-refractivity contribution in [3.05, 3.63) is 83.3 Å². The Kier molecular flexibility index (Phi) is 4.29. The van der Waals surface area contributed by atoms with E-state index in [0.717, 1.165) is 25.3 Å². The fourth-order valence-corrected chi connectivity index (χ4v) is 3.12. The monoisotopic (exact) mass is 334 g/mol. The molecule has 25 heavy (non-hydrogen) atoms. The van der Waals surface area contributed by atoms with Crippen LogP contribution >= 0.6 is 0 Å². The van der Waals surface area contributed by atoms with Crippen LogP contribution in [-0.4, -0.2) is 16.5 Å². The lowest BCUT2D eigenvalue weighted by Crippen LogP contribution is -2.31. The molecule has 0 fully saturated rings. The van der Waals surface area contributed by atoms with Crippen LogP contribution in [0.5, 0.6) is 0 Å². The Morgan fingerprint density at radius 2 is 1.80 bits per heavy atom. The molecule has 126 valence electrons. The maximum absolute atomic E-state index is 13.7. The van der Waals surface area contributed by atoms with Gasteiger partial charge in [0.2, 0.25) is 5.95 Å². The van der Waals surface area contributed by atoms with Crippen molar-refractivity contribution in [2.75, 3.05) is 16.8 Å². The molecule has 4 nitrogen and oxygen atoms in total. The Bertz CT molecular complexity index is 881. The average molecular weight is 334 g/mol. The number of benzene rings is 2. The molecule has 1 aliphatic heterocycles. The van der Waals surface area contributed by atoms with Crippen LogP contribution in [0.3, 0.4) is 0 Å². The van der Waals surface area contributed by atoms with Crippen LogP contribution in [0.4, 0.5) is 16.2 Å². The van der Waals surface area contributed by atoms with Gasteiger partial charge < -0.3 is 10.2 Å². The quantitative estimate of drug-likeness (QED) is 0.788. The van der Waals surface area contributed by atoms with Crippen molar-refractivity contribution >= 4 is 11.8 Å². The molecule has 0 saturated carbocycles. The van der Waals surface area contributed by atoms with E-state index in [-0.39, 0.29) is 5.82 Å². The first-order valence-electron chi connectivity index (χ1n) is 8.41. The molecular weight excluding hydrogens is 315 g/mol. The van der Waals surface area contributed by atoms with Gasteiger partial charge in [0, 0.05) is 31.4 Å². The summed E-state index contributed by atoms with van der Waals surface area (Å²) in [6.07, 6.45) is 2.75. The van der Waals surface area contributed by atoms with Crippen LogP contribution in [0.1, 0.15) is 16.7 Å². The van der Waals surface area contributed by atoms with E-state index in [1.54, 1.807) is 18.3 Å². The molecule has 0 amide bonds. The van der Waals surface area contributed by atoms with Gasteiger partial charge >= 0.3 is 0 Å². The summed E-state index contributed by atoms with van der Waals surface area (Å²) >= 11 is 0. The Hall–Kier alpha value is -2.95. The van der Waals surface area contributed by atoms with Gasteiger partial charge in [0.1, 0.15) is 11.6 Å². The number of nitrogens with one attached hydrogen (secondary N) is 1. The van der Waals surface area contributed by atoms with E-state index in [1.165, 1.54) is 17.2 Å². The minimum atomic E-state index is -0.223. The highest BCUT2D eigenvalue weighted by molar-refractivity contribution is 5.46. The second-order valence-electron chi connectivity index (χ2n) is 6.12. The minimum absolute atomic E-state index is 0.223. The van der Waals surface area contributed by atoms with Crippen LogP contribution in [0, 0.1) is 5.82 Å². The van der Waals surface area contributed by atoms with Crippen LogP contribution in [0.15, 0.2) is 60.8 Å². The normalized spacial score (nSPS) is 13.4. The van der Waals surface area contributed by atoms with Crippen LogP contribution in [0.2, 0.25) is 0 Å². The summed E-state index contributed by atoms with van der Waals surface area (Å²) in [6, 6.07) is 17.2. The lowest BCUT2D eigenvalue weighted by atomic mass is 10.00. The van der Waals surface area contributed by atoms with E-state index < -0.39 is 0 Å². The molecule has 0 bridgehead atoms. The summed E-state index contributed by atoms with van der Waals surface area (Å²) < 4.78 is 13.7. The van der Waals surface area contributed by atoms with Crippen molar-refractivity contribution in [1.82, 2.24) is 9.97 Å². The Balaban J connectivity index is 1.48. The summed E-state index contributed by atoms with van der Waals surface area (Å²) in [5.41, 5.74) is 3.35. The van der Waals surface area contributed by atoms with Crippen LogP contribution in [-0.2, 0) is 19.5 Å². The van der Waals surface area contributed by atoms with Gasteiger partial charge in [-0.2, -0.15) is 4.98 Å². The summed E-state index contributed by atoms with van der Waals surface area (Å²) in [5, 5.41) is 3.11. The van der Waals surface area contributed by atoms with E-state index >= 15 is 0 Å². The number of aromatic nitrogens is 2. The first kappa shape index (κ1) is 15.6. The maximum atomic E-state index is 13.7. The minimum Gasteiger partial charge on any atom is -0.352 e. The highest BCUT2D eigenvalue weighted by Crippen LogP contribution is 2.23. The first-order chi connectivity index (χ1) is 12.3. The number of halogens is 1. The van der Waals surface area contributed by atoms with E-state index in [1.807, 2.05) is 12.1 Å². The first-order valence-corrected chi connectivity index (χ1v) is 8.41. The van der Waals surface area contributed by atoms with Gasteiger partial charge in [-0.3, -0.25) is 0 Å². The topological polar surface area (TPSA) is 41.1 Å². The van der Waals surface area contributed by atoms with Gasteiger partial charge in [-0.15, -0.1) is 0 Å². The van der Waals surface area contributed by atoms with Gasteiger partial charge in [0.15, 0.2) is 0 Å². The number of hydrogen-bond acceptors (Lipinski definition) is 4. The fraction of sp³-hybridized carbons (Fsp3) is 0.200. The molecule has 1 aliphatic rings. The molecule has 3 aromatic rings. The molecule has 0 radical (unpaired) electrons. The predicted molar refractivity (Wildman–Crippen MR) is 97.0 cm³/mol. The Morgan fingerprint density at radius 1 is 1.00 bits per heavy atom. The molecule has 0 aliphatic carbocycles. The van der Waals surface area contributed by atoms with Crippen LogP contribution in [0.25, 0.3) is 0 Å². The van der Waals surface area contributed by atoms with Gasteiger partial charge in [-0.05, 0) is 29.7 Å². The Labute approximate surface area is 146 Å². The zero-order valence-electron chi connectivity index (χ0n) is 13.8. The molecule has 1 N–H and O–H groups in total. The second-order valence-corrected chi connectivity index (χ2v) is 6.12. The predicted octanol–water partition coefficient (Wildman–Crippen LogP) is 3.79. The van der Waals surface area contributed by atoms with Gasteiger partial charge in [-0.1, -0.05) is 42.5 Å². The van der Waals surface area contributed by atoms with Crippen molar-refractivity contribution in [2.24, 2.45) is 0 Å². The number of nitrogens with zero attached hydrogens (tertiary/aromatic N) is 3. The zero-order valence-corrected chi connectivity index (χ0v) is 13.8. The number of rotatable bonds is 4. The molecule has 0 saturated heterocycles. The molecule has 0 spiro atoms. The molecule has 0 unspecified atom stereocenters. The standard InChI is InChI=1S/C20H19FN4/c21-18-8-4-3-6-16(18)13-23-20-22-11-9-19(24-20)25-12-10-15-5-1-2-7-17(15)14-25/h1-9,11H,10,12-14H2,(H,22,23,24). The number of fused-ring (bicyclic) bond motifs is 1. The fourth-order valence-electron chi connectivity index (χ4n) is 3.12. The summed E-state index contributed by atoms with van der Waals surface area (Å²) in [4.78, 5) is 11.1. The summed E-state index contributed by atoms with van der Waals surface area (Å²) in [5.74, 6) is 1.18. The largest absolute Gasteiger partial charge is 0.352 e. The van der Waals surface area contributed by atoms with E-state index in [4.69, 9.17) is 0 Å². The lowest BCUT2D eigenvalue weighted by molar-refractivity contribution is 0.612. The van der Waals surface area contributed by atoms with Crippen molar-refractivity contribution in [2.45, 2.75) is 19.5 Å². The molecule has 0 atom stereocenters. The molecule has 2 aromatic carbocycles.